The summed E-state index contributed by atoms with van der Waals surface area (Å²) in [5.41, 5.74) is 1.55. The first kappa shape index (κ1) is 12.0. The number of ether oxygens (including phenoxy) is 2. The molecule has 0 bridgehead atoms. The van der Waals surface area contributed by atoms with Crippen molar-refractivity contribution in [1.29, 1.82) is 0 Å². The Kier molecular flexibility index (Phi) is 3.27. The molecule has 0 radical (unpaired) electrons. The van der Waals surface area contributed by atoms with E-state index in [0.29, 0.717) is 0 Å². The van der Waals surface area contributed by atoms with Gasteiger partial charge in [-0.25, -0.2) is 0 Å². The molecule has 1 aliphatic heterocycles. The van der Waals surface area contributed by atoms with Crippen molar-refractivity contribution in [1.82, 2.24) is 5.32 Å². The van der Waals surface area contributed by atoms with E-state index in [2.05, 4.69) is 29.6 Å². The molecule has 1 saturated carbocycles. The van der Waals surface area contributed by atoms with Crippen LogP contribution >= 0.6 is 0 Å². The highest BCUT2D eigenvalue weighted by Crippen LogP contribution is 2.34. The highest BCUT2D eigenvalue weighted by Gasteiger charge is 2.41. The first-order valence-corrected chi connectivity index (χ1v) is 6.87. The average Bonchev–Trinajstić information content (AvgIpc) is 3.14. The van der Waals surface area contributed by atoms with E-state index in [-0.39, 0.29) is 5.41 Å². The van der Waals surface area contributed by atoms with Gasteiger partial charge in [0, 0.05) is 12.6 Å². The van der Waals surface area contributed by atoms with Crippen molar-refractivity contribution < 1.29 is 9.47 Å². The van der Waals surface area contributed by atoms with Crippen LogP contribution in [0.1, 0.15) is 25.3 Å². The van der Waals surface area contributed by atoms with Crippen LogP contribution in [0.4, 0.5) is 0 Å². The van der Waals surface area contributed by atoms with Crippen LogP contribution in [-0.2, 0) is 10.2 Å². The van der Waals surface area contributed by atoms with Gasteiger partial charge in [0.05, 0.1) is 25.2 Å². The molecule has 3 heteroatoms. The highest BCUT2D eigenvalue weighted by atomic mass is 16.5. The molecule has 3 rings (SSSR count). The summed E-state index contributed by atoms with van der Waals surface area (Å²) >= 11 is 0. The molecule has 18 heavy (non-hydrogen) atoms. The molecule has 2 aliphatic rings. The summed E-state index contributed by atoms with van der Waals surface area (Å²) < 4.78 is 10.9. The van der Waals surface area contributed by atoms with E-state index in [1.54, 1.807) is 0 Å². The fourth-order valence-electron chi connectivity index (χ4n) is 2.42. The van der Waals surface area contributed by atoms with Gasteiger partial charge in [0.15, 0.2) is 0 Å². The minimum atomic E-state index is 0.188. The van der Waals surface area contributed by atoms with Gasteiger partial charge in [0.1, 0.15) is 5.75 Å². The van der Waals surface area contributed by atoms with Crippen LogP contribution in [-0.4, -0.2) is 32.4 Å². The normalized spacial score (nSPS) is 21.4. The topological polar surface area (TPSA) is 30.5 Å². The van der Waals surface area contributed by atoms with Crippen LogP contribution < -0.4 is 10.1 Å². The molecule has 1 saturated heterocycles. The molecule has 0 aromatic heterocycles. The predicted octanol–water partition coefficient (Wildman–Crippen LogP) is 2.11. The van der Waals surface area contributed by atoms with E-state index in [1.165, 1.54) is 18.4 Å². The molecule has 1 heterocycles. The fraction of sp³-hybridized carbons (Fsp3) is 0.600. The summed E-state index contributed by atoms with van der Waals surface area (Å²) in [4.78, 5) is 0. The Bertz CT molecular complexity index is 393. The number of rotatable bonds is 6. The second kappa shape index (κ2) is 4.90. The molecule has 1 aromatic rings. The molecular weight excluding hydrogens is 226 g/mol. The Morgan fingerprint density at radius 2 is 2.00 bits per heavy atom. The fourth-order valence-corrected chi connectivity index (χ4v) is 2.42. The molecule has 1 aromatic carbocycles. The summed E-state index contributed by atoms with van der Waals surface area (Å²) in [6.45, 7) is 5.43. The van der Waals surface area contributed by atoms with Crippen LogP contribution in [0.15, 0.2) is 24.3 Å². The zero-order chi connectivity index (χ0) is 12.4. The van der Waals surface area contributed by atoms with E-state index in [0.717, 1.165) is 38.2 Å². The van der Waals surface area contributed by atoms with Crippen molar-refractivity contribution in [2.45, 2.75) is 31.2 Å². The zero-order valence-corrected chi connectivity index (χ0v) is 10.9. The third-order valence-electron chi connectivity index (χ3n) is 3.84. The maximum Gasteiger partial charge on any atom is 0.119 e. The lowest BCUT2D eigenvalue weighted by Gasteiger charge is -2.42. The van der Waals surface area contributed by atoms with Crippen LogP contribution in [0, 0.1) is 0 Å². The van der Waals surface area contributed by atoms with Gasteiger partial charge >= 0.3 is 0 Å². The SMILES string of the molecule is CCOc1ccc(C2(CNC3CC3)COC2)cc1. The van der Waals surface area contributed by atoms with E-state index >= 15 is 0 Å². The van der Waals surface area contributed by atoms with Crippen molar-refractivity contribution >= 4 is 0 Å². The van der Waals surface area contributed by atoms with Crippen LogP contribution in [0.5, 0.6) is 5.75 Å². The average molecular weight is 247 g/mol. The lowest BCUT2D eigenvalue weighted by atomic mass is 9.78. The maximum absolute atomic E-state index is 5.49. The zero-order valence-electron chi connectivity index (χ0n) is 10.9. The minimum absolute atomic E-state index is 0.188. The van der Waals surface area contributed by atoms with Crippen molar-refractivity contribution in [3.05, 3.63) is 29.8 Å². The van der Waals surface area contributed by atoms with E-state index < -0.39 is 0 Å². The van der Waals surface area contributed by atoms with Crippen molar-refractivity contribution in [2.24, 2.45) is 0 Å². The van der Waals surface area contributed by atoms with Gasteiger partial charge < -0.3 is 14.8 Å². The Morgan fingerprint density at radius 1 is 1.28 bits per heavy atom. The number of benzene rings is 1. The third-order valence-corrected chi connectivity index (χ3v) is 3.84. The molecule has 2 fully saturated rings. The van der Waals surface area contributed by atoms with Crippen LogP contribution in [0.2, 0.25) is 0 Å². The number of hydrogen-bond donors (Lipinski definition) is 1. The van der Waals surface area contributed by atoms with Crippen LogP contribution in [0.25, 0.3) is 0 Å². The van der Waals surface area contributed by atoms with Gasteiger partial charge in [0.2, 0.25) is 0 Å². The van der Waals surface area contributed by atoms with Crippen molar-refractivity contribution in [2.75, 3.05) is 26.4 Å². The summed E-state index contributed by atoms with van der Waals surface area (Å²) in [6, 6.07) is 9.25. The number of nitrogens with one attached hydrogen (secondary N) is 1. The summed E-state index contributed by atoms with van der Waals surface area (Å²) in [6.07, 6.45) is 2.67. The minimum Gasteiger partial charge on any atom is -0.494 e. The highest BCUT2D eigenvalue weighted by molar-refractivity contribution is 5.34. The monoisotopic (exact) mass is 247 g/mol. The van der Waals surface area contributed by atoms with Crippen molar-refractivity contribution in [3.8, 4) is 5.75 Å². The molecule has 1 aliphatic carbocycles. The molecule has 3 nitrogen and oxygen atoms in total. The van der Waals surface area contributed by atoms with Gasteiger partial charge in [-0.15, -0.1) is 0 Å². The third kappa shape index (κ3) is 2.38. The Labute approximate surface area is 108 Å². The molecule has 0 unspecified atom stereocenters. The largest absolute Gasteiger partial charge is 0.494 e. The van der Waals surface area contributed by atoms with Crippen molar-refractivity contribution in [3.63, 3.8) is 0 Å². The quantitative estimate of drug-likeness (QED) is 0.835. The summed E-state index contributed by atoms with van der Waals surface area (Å²) in [5.74, 6) is 0.951. The molecule has 98 valence electrons. The van der Waals surface area contributed by atoms with Gasteiger partial charge in [-0.2, -0.15) is 0 Å². The second-order valence-electron chi connectivity index (χ2n) is 5.39. The first-order chi connectivity index (χ1) is 8.82. The summed E-state index contributed by atoms with van der Waals surface area (Å²) in [7, 11) is 0. The maximum atomic E-state index is 5.49. The molecule has 0 spiro atoms. The molecule has 0 atom stereocenters. The van der Waals surface area contributed by atoms with Gasteiger partial charge in [-0.3, -0.25) is 0 Å². The number of hydrogen-bond acceptors (Lipinski definition) is 3. The summed E-state index contributed by atoms with van der Waals surface area (Å²) in [5, 5.41) is 3.63. The van der Waals surface area contributed by atoms with E-state index in [9.17, 15) is 0 Å². The van der Waals surface area contributed by atoms with E-state index in [1.807, 2.05) is 6.92 Å². The first-order valence-electron chi connectivity index (χ1n) is 6.87. The van der Waals surface area contributed by atoms with Gasteiger partial charge in [-0.1, -0.05) is 12.1 Å². The van der Waals surface area contributed by atoms with Gasteiger partial charge in [0.25, 0.3) is 0 Å². The standard InChI is InChI=1S/C15H21NO2/c1-2-18-14-7-3-12(4-8-14)15(10-17-11-15)9-16-13-5-6-13/h3-4,7-8,13,16H,2,5-6,9-11H2,1H3. The Morgan fingerprint density at radius 3 is 2.50 bits per heavy atom. The molecule has 1 N–H and O–H groups in total. The van der Waals surface area contributed by atoms with Gasteiger partial charge in [-0.05, 0) is 37.5 Å². The van der Waals surface area contributed by atoms with Crippen LogP contribution in [0.3, 0.4) is 0 Å². The smallest absolute Gasteiger partial charge is 0.119 e. The lowest BCUT2D eigenvalue weighted by Crippen LogP contribution is -2.53. The second-order valence-corrected chi connectivity index (χ2v) is 5.39. The molecular formula is C15H21NO2. The Hall–Kier alpha value is -1.06. The Balaban J connectivity index is 1.69. The predicted molar refractivity (Wildman–Crippen MR) is 71.1 cm³/mol. The lowest BCUT2D eigenvalue weighted by molar-refractivity contribution is -0.0591. The van der Waals surface area contributed by atoms with E-state index in [4.69, 9.17) is 9.47 Å². The molecule has 0 amide bonds.